The van der Waals surface area contributed by atoms with Crippen LogP contribution in [-0.4, -0.2) is 25.6 Å². The van der Waals surface area contributed by atoms with Gasteiger partial charge in [0.1, 0.15) is 17.4 Å². The Morgan fingerprint density at radius 2 is 1.96 bits per heavy atom. The quantitative estimate of drug-likeness (QED) is 0.562. The fraction of sp³-hybridized carbons (Fsp3) is 0.111. The molecule has 0 radical (unpaired) electrons. The summed E-state index contributed by atoms with van der Waals surface area (Å²) < 4.78 is 37.0. The minimum absolute atomic E-state index is 0.207. The first-order valence-corrected chi connectivity index (χ1v) is 8.11. The normalized spacial score (nSPS) is 10.6. The molecule has 0 spiro atoms. The van der Waals surface area contributed by atoms with Gasteiger partial charge in [-0.2, -0.15) is 0 Å². The van der Waals surface area contributed by atoms with Crippen LogP contribution in [0.4, 0.5) is 14.5 Å². The van der Waals surface area contributed by atoms with Crippen molar-refractivity contribution in [1.29, 1.82) is 0 Å². The van der Waals surface area contributed by atoms with E-state index in [0.717, 1.165) is 22.7 Å². The molecule has 0 heterocycles. The van der Waals surface area contributed by atoms with E-state index >= 15 is 0 Å². The zero-order chi connectivity index (χ0) is 19.1. The zero-order valence-electron chi connectivity index (χ0n) is 13.6. The van der Waals surface area contributed by atoms with Crippen LogP contribution in [0.1, 0.15) is 5.56 Å². The molecule has 0 aromatic heterocycles. The van der Waals surface area contributed by atoms with Crippen LogP contribution in [0, 0.1) is 11.6 Å². The van der Waals surface area contributed by atoms with Gasteiger partial charge in [-0.3, -0.25) is 4.79 Å². The van der Waals surface area contributed by atoms with E-state index in [0.29, 0.717) is 17.4 Å². The number of esters is 1. The first kappa shape index (κ1) is 19.6. The van der Waals surface area contributed by atoms with Gasteiger partial charge in [0.15, 0.2) is 6.61 Å². The van der Waals surface area contributed by atoms with Crippen molar-refractivity contribution in [1.82, 2.24) is 0 Å². The molecule has 0 saturated carbocycles. The molecule has 0 saturated heterocycles. The van der Waals surface area contributed by atoms with Crippen LogP contribution in [0.3, 0.4) is 0 Å². The van der Waals surface area contributed by atoms with Crippen molar-refractivity contribution in [3.8, 4) is 5.75 Å². The van der Waals surface area contributed by atoms with Gasteiger partial charge in [0, 0.05) is 22.2 Å². The van der Waals surface area contributed by atoms with E-state index in [4.69, 9.17) is 9.47 Å². The third kappa shape index (κ3) is 5.66. The van der Waals surface area contributed by atoms with Gasteiger partial charge in [-0.1, -0.05) is 15.9 Å². The van der Waals surface area contributed by atoms with Gasteiger partial charge in [-0.25, -0.2) is 13.6 Å². The molecule has 0 bridgehead atoms. The molecule has 0 fully saturated rings. The number of hydrogen-bond donors (Lipinski definition) is 1. The molecule has 0 aliphatic carbocycles. The minimum atomic E-state index is -0.925. The summed E-state index contributed by atoms with van der Waals surface area (Å²) in [7, 11) is 1.50. The SMILES string of the molecule is COc1ccc(Br)cc1/C=C/C(=O)OCC(=O)Nc1ccc(F)cc1F. The fourth-order valence-corrected chi connectivity index (χ4v) is 2.33. The molecule has 0 aliphatic rings. The number of benzene rings is 2. The maximum absolute atomic E-state index is 13.4. The number of ether oxygens (including phenoxy) is 2. The van der Waals surface area contributed by atoms with E-state index in [1.54, 1.807) is 18.2 Å². The second-order valence-electron chi connectivity index (χ2n) is 5.00. The molecular formula is C18H14BrF2NO4. The van der Waals surface area contributed by atoms with Gasteiger partial charge in [0.25, 0.3) is 5.91 Å². The van der Waals surface area contributed by atoms with Crippen LogP contribution >= 0.6 is 15.9 Å². The lowest BCUT2D eigenvalue weighted by Crippen LogP contribution is -2.20. The van der Waals surface area contributed by atoms with Gasteiger partial charge in [0.2, 0.25) is 0 Å². The summed E-state index contributed by atoms with van der Waals surface area (Å²) in [5.41, 5.74) is 0.429. The summed E-state index contributed by atoms with van der Waals surface area (Å²) in [5, 5.41) is 2.18. The number of carbonyl (C=O) groups excluding carboxylic acids is 2. The van der Waals surface area contributed by atoms with Gasteiger partial charge in [0.05, 0.1) is 12.8 Å². The number of rotatable bonds is 6. The van der Waals surface area contributed by atoms with Crippen LogP contribution in [0.15, 0.2) is 46.9 Å². The fourth-order valence-electron chi connectivity index (χ4n) is 1.96. The number of methoxy groups -OCH3 is 1. The standard InChI is InChI=1S/C18H14BrF2NO4/c1-25-16-6-3-12(19)8-11(16)2-7-18(24)26-10-17(23)22-15-5-4-13(20)9-14(15)21/h2-9H,10H2,1H3,(H,22,23)/b7-2+. The minimum Gasteiger partial charge on any atom is -0.496 e. The summed E-state index contributed by atoms with van der Waals surface area (Å²) >= 11 is 3.31. The highest BCUT2D eigenvalue weighted by Crippen LogP contribution is 2.24. The van der Waals surface area contributed by atoms with E-state index in [1.165, 1.54) is 13.2 Å². The topological polar surface area (TPSA) is 64.6 Å². The smallest absolute Gasteiger partial charge is 0.331 e. The van der Waals surface area contributed by atoms with Crippen molar-refractivity contribution in [3.63, 3.8) is 0 Å². The van der Waals surface area contributed by atoms with Gasteiger partial charge in [-0.15, -0.1) is 0 Å². The molecule has 5 nitrogen and oxygen atoms in total. The Kier molecular flexibility index (Phi) is 6.85. The molecule has 136 valence electrons. The Morgan fingerprint density at radius 1 is 1.19 bits per heavy atom. The zero-order valence-corrected chi connectivity index (χ0v) is 15.2. The molecule has 2 aromatic rings. The van der Waals surface area contributed by atoms with Crippen molar-refractivity contribution in [2.75, 3.05) is 19.0 Å². The lowest BCUT2D eigenvalue weighted by molar-refractivity contribution is -0.142. The molecule has 1 N–H and O–H groups in total. The average Bonchev–Trinajstić information content (AvgIpc) is 2.60. The second-order valence-corrected chi connectivity index (χ2v) is 5.92. The number of halogens is 3. The first-order chi connectivity index (χ1) is 12.4. The molecule has 2 rings (SSSR count). The Hall–Kier alpha value is -2.74. The van der Waals surface area contributed by atoms with Crippen LogP contribution in [0.5, 0.6) is 5.75 Å². The molecule has 0 unspecified atom stereocenters. The van der Waals surface area contributed by atoms with E-state index in [1.807, 2.05) is 0 Å². The lowest BCUT2D eigenvalue weighted by Gasteiger charge is -2.07. The number of carbonyl (C=O) groups is 2. The summed E-state index contributed by atoms with van der Waals surface area (Å²) in [6.07, 6.45) is 2.61. The number of amides is 1. The maximum atomic E-state index is 13.4. The van der Waals surface area contributed by atoms with Gasteiger partial charge in [-0.05, 0) is 36.4 Å². The molecule has 0 aliphatic heterocycles. The highest BCUT2D eigenvalue weighted by atomic mass is 79.9. The Morgan fingerprint density at radius 3 is 2.65 bits per heavy atom. The van der Waals surface area contributed by atoms with Crippen LogP contribution in [0.25, 0.3) is 6.08 Å². The van der Waals surface area contributed by atoms with E-state index in [2.05, 4.69) is 21.2 Å². The summed E-state index contributed by atoms with van der Waals surface area (Å²) in [6, 6.07) is 7.96. The van der Waals surface area contributed by atoms with Gasteiger partial charge >= 0.3 is 5.97 Å². The predicted octanol–water partition coefficient (Wildman–Crippen LogP) is 3.93. The Bertz CT molecular complexity index is 855. The maximum Gasteiger partial charge on any atom is 0.331 e. The molecule has 2 aromatic carbocycles. The van der Waals surface area contributed by atoms with Crippen molar-refractivity contribution in [2.24, 2.45) is 0 Å². The third-order valence-corrected chi connectivity index (χ3v) is 3.63. The first-order valence-electron chi connectivity index (χ1n) is 7.32. The van der Waals surface area contributed by atoms with Crippen LogP contribution in [0.2, 0.25) is 0 Å². The molecule has 8 heteroatoms. The highest BCUT2D eigenvalue weighted by molar-refractivity contribution is 9.10. The Balaban J connectivity index is 1.90. The van der Waals surface area contributed by atoms with Crippen molar-refractivity contribution < 1.29 is 27.8 Å². The number of nitrogens with one attached hydrogen (secondary N) is 1. The Labute approximate surface area is 156 Å². The summed E-state index contributed by atoms with van der Waals surface area (Å²) in [6.45, 7) is -0.615. The van der Waals surface area contributed by atoms with E-state index in [-0.39, 0.29) is 5.69 Å². The van der Waals surface area contributed by atoms with Crippen molar-refractivity contribution in [2.45, 2.75) is 0 Å². The van der Waals surface area contributed by atoms with E-state index < -0.39 is 30.1 Å². The largest absolute Gasteiger partial charge is 0.496 e. The number of anilines is 1. The summed E-state index contributed by atoms with van der Waals surface area (Å²) in [4.78, 5) is 23.4. The molecule has 26 heavy (non-hydrogen) atoms. The molecule has 0 atom stereocenters. The highest BCUT2D eigenvalue weighted by Gasteiger charge is 2.10. The van der Waals surface area contributed by atoms with Crippen LogP contribution in [-0.2, 0) is 14.3 Å². The average molecular weight is 426 g/mol. The molecular weight excluding hydrogens is 412 g/mol. The van der Waals surface area contributed by atoms with Crippen molar-refractivity contribution in [3.05, 3.63) is 64.1 Å². The second kappa shape index (κ2) is 9.10. The molecule has 1 amide bonds. The van der Waals surface area contributed by atoms with Gasteiger partial charge < -0.3 is 14.8 Å². The van der Waals surface area contributed by atoms with Crippen molar-refractivity contribution >= 4 is 39.6 Å². The van der Waals surface area contributed by atoms with Crippen LogP contribution < -0.4 is 10.1 Å². The van der Waals surface area contributed by atoms with E-state index in [9.17, 15) is 18.4 Å². The third-order valence-electron chi connectivity index (χ3n) is 3.14. The predicted molar refractivity (Wildman–Crippen MR) is 95.7 cm³/mol. The summed E-state index contributed by atoms with van der Waals surface area (Å²) in [5.74, 6) is -2.65. The number of hydrogen-bond acceptors (Lipinski definition) is 4. The lowest BCUT2D eigenvalue weighted by atomic mass is 10.2. The monoisotopic (exact) mass is 425 g/mol.